The van der Waals surface area contributed by atoms with Gasteiger partial charge in [-0.2, -0.15) is 0 Å². The summed E-state index contributed by atoms with van der Waals surface area (Å²) in [6.45, 7) is 6.68. The van der Waals surface area contributed by atoms with E-state index in [1.165, 1.54) is 44.2 Å². The second kappa shape index (κ2) is 4.97. The van der Waals surface area contributed by atoms with Crippen LogP contribution in [0.1, 0.15) is 71.0 Å². The standard InChI is InChI=1S/C14H24N2S/c1-14(2,3)12-10-13(17)16(15-12)11-8-6-4-5-7-9-11/h10-11,15H,4-9H2,1-3H3. The normalized spacial score (nSPS) is 19.2. The van der Waals surface area contributed by atoms with Gasteiger partial charge in [0, 0.05) is 11.1 Å². The van der Waals surface area contributed by atoms with Crippen molar-refractivity contribution in [3.63, 3.8) is 0 Å². The summed E-state index contributed by atoms with van der Waals surface area (Å²) in [5.74, 6) is 0. The van der Waals surface area contributed by atoms with Gasteiger partial charge in [0.05, 0.1) is 6.04 Å². The van der Waals surface area contributed by atoms with Crippen molar-refractivity contribution in [2.24, 2.45) is 0 Å². The van der Waals surface area contributed by atoms with E-state index in [0.29, 0.717) is 6.04 Å². The van der Waals surface area contributed by atoms with E-state index >= 15 is 0 Å². The van der Waals surface area contributed by atoms with E-state index in [4.69, 9.17) is 12.2 Å². The monoisotopic (exact) mass is 252 g/mol. The molecule has 3 heteroatoms. The van der Waals surface area contributed by atoms with Gasteiger partial charge < -0.3 is 5.10 Å². The third kappa shape index (κ3) is 3.01. The van der Waals surface area contributed by atoms with Gasteiger partial charge in [-0.3, -0.25) is 4.68 Å². The van der Waals surface area contributed by atoms with Gasteiger partial charge in [-0.15, -0.1) is 0 Å². The summed E-state index contributed by atoms with van der Waals surface area (Å²) >= 11 is 5.50. The molecular formula is C14H24N2S. The lowest BCUT2D eigenvalue weighted by atomic mass is 9.93. The Balaban J connectivity index is 2.26. The first-order chi connectivity index (χ1) is 7.98. The van der Waals surface area contributed by atoms with E-state index in [1.807, 2.05) is 0 Å². The summed E-state index contributed by atoms with van der Waals surface area (Å²) in [4.78, 5) is 0. The van der Waals surface area contributed by atoms with Crippen LogP contribution in [0.5, 0.6) is 0 Å². The first kappa shape index (κ1) is 12.9. The summed E-state index contributed by atoms with van der Waals surface area (Å²) in [6, 6.07) is 2.74. The van der Waals surface area contributed by atoms with Gasteiger partial charge in [-0.1, -0.05) is 58.7 Å². The second-order valence-corrected chi connectivity index (χ2v) is 6.69. The molecule has 1 heterocycles. The summed E-state index contributed by atoms with van der Waals surface area (Å²) < 4.78 is 3.21. The Morgan fingerprint density at radius 3 is 2.24 bits per heavy atom. The molecule has 0 spiro atoms. The van der Waals surface area contributed by atoms with E-state index in [9.17, 15) is 0 Å². The number of aromatic nitrogens is 2. The summed E-state index contributed by atoms with van der Waals surface area (Å²) in [5.41, 5.74) is 1.41. The molecule has 1 aromatic heterocycles. The highest BCUT2D eigenvalue weighted by Gasteiger charge is 2.20. The topological polar surface area (TPSA) is 20.7 Å². The van der Waals surface area contributed by atoms with Crippen LogP contribution in [0, 0.1) is 4.64 Å². The second-order valence-electron chi connectivity index (χ2n) is 6.27. The van der Waals surface area contributed by atoms with Crippen molar-refractivity contribution >= 4 is 12.2 Å². The number of aromatic amines is 1. The van der Waals surface area contributed by atoms with Crippen LogP contribution in [-0.4, -0.2) is 9.78 Å². The van der Waals surface area contributed by atoms with Crippen molar-refractivity contribution in [1.82, 2.24) is 9.78 Å². The van der Waals surface area contributed by atoms with Gasteiger partial charge in [0.15, 0.2) is 0 Å². The molecule has 0 radical (unpaired) electrons. The van der Waals surface area contributed by atoms with Crippen LogP contribution >= 0.6 is 12.2 Å². The Morgan fingerprint density at radius 2 is 1.76 bits per heavy atom. The van der Waals surface area contributed by atoms with Crippen LogP contribution in [0.2, 0.25) is 0 Å². The molecule has 1 N–H and O–H groups in total. The number of hydrogen-bond acceptors (Lipinski definition) is 1. The Kier molecular flexibility index (Phi) is 3.76. The van der Waals surface area contributed by atoms with E-state index in [2.05, 4.69) is 36.6 Å². The predicted molar refractivity (Wildman–Crippen MR) is 75.1 cm³/mol. The molecule has 96 valence electrons. The first-order valence-electron chi connectivity index (χ1n) is 6.80. The van der Waals surface area contributed by atoms with Crippen LogP contribution < -0.4 is 0 Å². The third-order valence-corrected chi connectivity index (χ3v) is 4.06. The van der Waals surface area contributed by atoms with Crippen LogP contribution in [0.15, 0.2) is 6.07 Å². The molecule has 1 saturated carbocycles. The lowest BCUT2D eigenvalue weighted by Crippen LogP contribution is -2.15. The number of H-pyrrole nitrogens is 1. The number of rotatable bonds is 1. The zero-order valence-electron chi connectivity index (χ0n) is 11.3. The molecule has 0 atom stereocenters. The molecule has 1 aromatic rings. The van der Waals surface area contributed by atoms with Gasteiger partial charge in [-0.05, 0) is 18.9 Å². The zero-order valence-corrected chi connectivity index (χ0v) is 12.1. The highest BCUT2D eigenvalue weighted by Crippen LogP contribution is 2.29. The van der Waals surface area contributed by atoms with Crippen molar-refractivity contribution < 1.29 is 0 Å². The number of nitrogens with one attached hydrogen (secondary N) is 1. The van der Waals surface area contributed by atoms with Crippen molar-refractivity contribution in [3.05, 3.63) is 16.4 Å². The van der Waals surface area contributed by atoms with Gasteiger partial charge >= 0.3 is 0 Å². The SMILES string of the molecule is CC(C)(C)c1cc(=S)n(C2CCCCCC2)[nH]1. The maximum atomic E-state index is 5.50. The lowest BCUT2D eigenvalue weighted by Gasteiger charge is -2.19. The largest absolute Gasteiger partial charge is 0.301 e. The van der Waals surface area contributed by atoms with Crippen LogP contribution in [-0.2, 0) is 5.41 Å². The zero-order chi connectivity index (χ0) is 12.5. The highest BCUT2D eigenvalue weighted by atomic mass is 32.1. The summed E-state index contributed by atoms with van der Waals surface area (Å²) in [6.07, 6.45) is 8.01. The van der Waals surface area contributed by atoms with Crippen LogP contribution in [0.4, 0.5) is 0 Å². The Labute approximate surface area is 109 Å². The highest BCUT2D eigenvalue weighted by molar-refractivity contribution is 7.71. The van der Waals surface area contributed by atoms with Crippen molar-refractivity contribution in [2.45, 2.75) is 70.8 Å². The molecule has 0 aromatic carbocycles. The Morgan fingerprint density at radius 1 is 1.18 bits per heavy atom. The minimum Gasteiger partial charge on any atom is -0.301 e. The molecule has 17 heavy (non-hydrogen) atoms. The Hall–Kier alpha value is -0.570. The molecule has 1 aliphatic rings. The summed E-state index contributed by atoms with van der Waals surface area (Å²) in [5, 5.41) is 3.53. The van der Waals surface area contributed by atoms with Crippen molar-refractivity contribution in [3.8, 4) is 0 Å². The minimum absolute atomic E-state index is 0.156. The van der Waals surface area contributed by atoms with Crippen molar-refractivity contribution in [1.29, 1.82) is 0 Å². The van der Waals surface area contributed by atoms with Gasteiger partial charge in [0.2, 0.25) is 0 Å². The van der Waals surface area contributed by atoms with Gasteiger partial charge in [0.25, 0.3) is 0 Å². The molecule has 2 rings (SSSR count). The van der Waals surface area contributed by atoms with E-state index in [1.54, 1.807) is 0 Å². The lowest BCUT2D eigenvalue weighted by molar-refractivity contribution is 0.393. The number of nitrogens with zero attached hydrogens (tertiary/aromatic N) is 1. The smallest absolute Gasteiger partial charge is 0.122 e. The molecule has 0 unspecified atom stereocenters. The molecular weight excluding hydrogens is 228 g/mol. The van der Waals surface area contributed by atoms with Gasteiger partial charge in [-0.25, -0.2) is 0 Å². The van der Waals surface area contributed by atoms with E-state index in [0.717, 1.165) is 4.64 Å². The van der Waals surface area contributed by atoms with Crippen molar-refractivity contribution in [2.75, 3.05) is 0 Å². The predicted octanol–water partition coefficient (Wildman–Crippen LogP) is 4.74. The third-order valence-electron chi connectivity index (χ3n) is 3.74. The average molecular weight is 252 g/mol. The Bertz CT molecular complexity index is 414. The van der Waals surface area contributed by atoms with E-state index in [-0.39, 0.29) is 5.41 Å². The van der Waals surface area contributed by atoms with E-state index < -0.39 is 0 Å². The molecule has 1 fully saturated rings. The average Bonchev–Trinajstić information content (AvgIpc) is 2.50. The molecule has 2 nitrogen and oxygen atoms in total. The number of hydrogen-bond donors (Lipinski definition) is 1. The summed E-state index contributed by atoms with van der Waals surface area (Å²) in [7, 11) is 0. The fourth-order valence-corrected chi connectivity index (χ4v) is 2.89. The first-order valence-corrected chi connectivity index (χ1v) is 7.21. The molecule has 0 saturated heterocycles. The molecule has 0 amide bonds. The van der Waals surface area contributed by atoms with Crippen LogP contribution in [0.3, 0.4) is 0 Å². The molecule has 1 aliphatic carbocycles. The fraction of sp³-hybridized carbons (Fsp3) is 0.786. The fourth-order valence-electron chi connectivity index (χ4n) is 2.58. The maximum absolute atomic E-state index is 5.50. The minimum atomic E-state index is 0.156. The van der Waals surface area contributed by atoms with Gasteiger partial charge in [0.1, 0.15) is 4.64 Å². The maximum Gasteiger partial charge on any atom is 0.122 e. The molecule has 0 bridgehead atoms. The van der Waals surface area contributed by atoms with Crippen LogP contribution in [0.25, 0.3) is 0 Å². The molecule has 0 aliphatic heterocycles. The quantitative estimate of drug-likeness (QED) is 0.565.